The molecule has 2 unspecified atom stereocenters. The summed E-state index contributed by atoms with van der Waals surface area (Å²) in [6, 6.07) is 4.73. The Morgan fingerprint density at radius 1 is 1.07 bits per heavy atom. The quantitative estimate of drug-likeness (QED) is 0.726. The molecule has 0 saturated carbocycles. The summed E-state index contributed by atoms with van der Waals surface area (Å²) in [5.41, 5.74) is 1.54. The maximum atomic E-state index is 13.2. The molecule has 0 radical (unpaired) electrons. The first kappa shape index (κ1) is 18.8. The molecule has 0 bridgehead atoms. The number of hydrogen-bond donors (Lipinski definition) is 2. The SMILES string of the molecule is CC1CCNCCN1Cc1cccc2c1C(=O)N(C1CCC(=O)NC1=O)C2=O. The van der Waals surface area contributed by atoms with E-state index in [1.54, 1.807) is 12.1 Å². The number of carbonyl (C=O) groups is 4. The molecule has 8 heteroatoms. The van der Waals surface area contributed by atoms with Gasteiger partial charge in [0.15, 0.2) is 0 Å². The van der Waals surface area contributed by atoms with E-state index in [9.17, 15) is 19.2 Å². The first-order valence-corrected chi connectivity index (χ1v) is 9.75. The minimum Gasteiger partial charge on any atom is -0.315 e. The Morgan fingerprint density at radius 3 is 2.68 bits per heavy atom. The molecule has 0 aromatic heterocycles. The summed E-state index contributed by atoms with van der Waals surface area (Å²) in [5.74, 6) is -1.85. The van der Waals surface area contributed by atoms with E-state index < -0.39 is 23.8 Å². The molecule has 28 heavy (non-hydrogen) atoms. The van der Waals surface area contributed by atoms with Gasteiger partial charge in [-0.05, 0) is 37.9 Å². The number of benzene rings is 1. The van der Waals surface area contributed by atoms with Crippen LogP contribution in [0.3, 0.4) is 0 Å². The fourth-order valence-corrected chi connectivity index (χ4v) is 4.23. The Hall–Kier alpha value is -2.58. The maximum absolute atomic E-state index is 13.2. The number of carbonyl (C=O) groups excluding carboxylic acids is 4. The van der Waals surface area contributed by atoms with Gasteiger partial charge in [0.1, 0.15) is 6.04 Å². The van der Waals surface area contributed by atoms with Crippen LogP contribution >= 0.6 is 0 Å². The van der Waals surface area contributed by atoms with Gasteiger partial charge in [-0.25, -0.2) is 0 Å². The second kappa shape index (κ2) is 7.44. The van der Waals surface area contributed by atoms with Gasteiger partial charge in [-0.1, -0.05) is 12.1 Å². The van der Waals surface area contributed by atoms with E-state index in [1.807, 2.05) is 6.07 Å². The molecule has 0 spiro atoms. The lowest BCUT2D eigenvalue weighted by Gasteiger charge is -2.28. The Morgan fingerprint density at radius 2 is 1.89 bits per heavy atom. The molecule has 2 fully saturated rings. The van der Waals surface area contributed by atoms with Crippen LogP contribution in [0.2, 0.25) is 0 Å². The Bertz CT molecular complexity index is 853. The molecule has 2 saturated heterocycles. The molecule has 2 atom stereocenters. The van der Waals surface area contributed by atoms with Crippen LogP contribution < -0.4 is 10.6 Å². The zero-order valence-electron chi connectivity index (χ0n) is 15.9. The highest BCUT2D eigenvalue weighted by molar-refractivity contribution is 6.24. The minimum atomic E-state index is -0.931. The predicted molar refractivity (Wildman–Crippen MR) is 100 cm³/mol. The number of nitrogens with one attached hydrogen (secondary N) is 2. The van der Waals surface area contributed by atoms with Crippen molar-refractivity contribution in [2.24, 2.45) is 0 Å². The molecule has 1 aromatic carbocycles. The highest BCUT2D eigenvalue weighted by Gasteiger charge is 2.45. The number of hydrogen-bond acceptors (Lipinski definition) is 6. The van der Waals surface area contributed by atoms with Crippen molar-refractivity contribution in [2.75, 3.05) is 19.6 Å². The normalized spacial score (nSPS) is 26.2. The molecule has 4 amide bonds. The summed E-state index contributed by atoms with van der Waals surface area (Å²) in [4.78, 5) is 53.0. The molecule has 148 valence electrons. The number of piperidine rings is 1. The Balaban J connectivity index is 1.62. The van der Waals surface area contributed by atoms with Crippen molar-refractivity contribution in [1.82, 2.24) is 20.4 Å². The van der Waals surface area contributed by atoms with Gasteiger partial charge >= 0.3 is 0 Å². The third-order valence-electron chi connectivity index (χ3n) is 5.87. The van der Waals surface area contributed by atoms with Crippen LogP contribution in [0.15, 0.2) is 18.2 Å². The number of imide groups is 2. The van der Waals surface area contributed by atoms with E-state index in [0.717, 1.165) is 36.5 Å². The second-order valence-corrected chi connectivity index (χ2v) is 7.65. The van der Waals surface area contributed by atoms with E-state index in [2.05, 4.69) is 22.5 Å². The lowest BCUT2D eigenvalue weighted by Crippen LogP contribution is -2.54. The van der Waals surface area contributed by atoms with Crippen molar-refractivity contribution in [2.45, 2.75) is 44.8 Å². The van der Waals surface area contributed by atoms with Gasteiger partial charge in [0.25, 0.3) is 11.8 Å². The molecule has 4 rings (SSSR count). The largest absolute Gasteiger partial charge is 0.315 e. The lowest BCUT2D eigenvalue weighted by atomic mass is 10.0. The highest BCUT2D eigenvalue weighted by Crippen LogP contribution is 2.30. The molecule has 3 heterocycles. The average Bonchev–Trinajstić information content (AvgIpc) is 2.79. The van der Waals surface area contributed by atoms with Crippen LogP contribution in [0.1, 0.15) is 52.5 Å². The van der Waals surface area contributed by atoms with Gasteiger partial charge < -0.3 is 5.32 Å². The fraction of sp³-hybridized carbons (Fsp3) is 0.500. The standard InChI is InChI=1S/C20H24N4O4/c1-12-7-8-21-9-10-23(12)11-13-3-2-4-14-17(13)20(28)24(19(14)27)15-5-6-16(25)22-18(15)26/h2-4,12,15,21H,5-11H2,1H3,(H,22,25,26). The summed E-state index contributed by atoms with van der Waals surface area (Å²) >= 11 is 0. The topological polar surface area (TPSA) is 98.8 Å². The highest BCUT2D eigenvalue weighted by atomic mass is 16.2. The van der Waals surface area contributed by atoms with Crippen LogP contribution in [-0.4, -0.2) is 65.1 Å². The molecular formula is C20H24N4O4. The lowest BCUT2D eigenvalue weighted by molar-refractivity contribution is -0.136. The van der Waals surface area contributed by atoms with E-state index in [0.29, 0.717) is 23.7 Å². The van der Waals surface area contributed by atoms with Gasteiger partial charge in [0.2, 0.25) is 11.8 Å². The Labute approximate surface area is 163 Å². The zero-order chi connectivity index (χ0) is 19.8. The van der Waals surface area contributed by atoms with E-state index >= 15 is 0 Å². The second-order valence-electron chi connectivity index (χ2n) is 7.65. The summed E-state index contributed by atoms with van der Waals surface area (Å²) < 4.78 is 0. The molecule has 1 aromatic rings. The van der Waals surface area contributed by atoms with Crippen molar-refractivity contribution >= 4 is 23.6 Å². The third-order valence-corrected chi connectivity index (χ3v) is 5.87. The van der Waals surface area contributed by atoms with Gasteiger partial charge in [-0.15, -0.1) is 0 Å². The zero-order valence-corrected chi connectivity index (χ0v) is 15.9. The van der Waals surface area contributed by atoms with Crippen molar-refractivity contribution in [3.63, 3.8) is 0 Å². The monoisotopic (exact) mass is 384 g/mol. The number of nitrogens with zero attached hydrogens (tertiary/aromatic N) is 2. The smallest absolute Gasteiger partial charge is 0.262 e. The summed E-state index contributed by atoms with van der Waals surface area (Å²) in [7, 11) is 0. The first-order valence-electron chi connectivity index (χ1n) is 9.75. The van der Waals surface area contributed by atoms with E-state index in [-0.39, 0.29) is 18.7 Å². The van der Waals surface area contributed by atoms with Crippen LogP contribution in [0, 0.1) is 0 Å². The third kappa shape index (κ3) is 3.22. The van der Waals surface area contributed by atoms with Gasteiger partial charge in [-0.2, -0.15) is 0 Å². The number of rotatable bonds is 3. The van der Waals surface area contributed by atoms with Crippen LogP contribution in [0.4, 0.5) is 0 Å². The molecule has 3 aliphatic heterocycles. The molecular weight excluding hydrogens is 360 g/mol. The van der Waals surface area contributed by atoms with Crippen molar-refractivity contribution in [3.05, 3.63) is 34.9 Å². The van der Waals surface area contributed by atoms with E-state index in [4.69, 9.17) is 0 Å². The molecule has 3 aliphatic rings. The fourth-order valence-electron chi connectivity index (χ4n) is 4.23. The summed E-state index contributed by atoms with van der Waals surface area (Å²) in [6.07, 6.45) is 1.31. The van der Waals surface area contributed by atoms with Crippen LogP contribution in [0.25, 0.3) is 0 Å². The molecule has 2 N–H and O–H groups in total. The van der Waals surface area contributed by atoms with Crippen LogP contribution in [-0.2, 0) is 16.1 Å². The Kier molecular flexibility index (Phi) is 4.99. The predicted octanol–water partition coefficient (Wildman–Crippen LogP) is 0.272. The minimum absolute atomic E-state index is 0.120. The number of fused-ring (bicyclic) bond motifs is 1. The van der Waals surface area contributed by atoms with Crippen LogP contribution in [0.5, 0.6) is 0 Å². The van der Waals surface area contributed by atoms with E-state index in [1.165, 1.54) is 0 Å². The van der Waals surface area contributed by atoms with Gasteiger partial charge in [0, 0.05) is 32.1 Å². The van der Waals surface area contributed by atoms with Crippen molar-refractivity contribution in [1.29, 1.82) is 0 Å². The summed E-state index contributed by atoms with van der Waals surface area (Å²) in [6.45, 7) is 5.46. The molecule has 0 aliphatic carbocycles. The summed E-state index contributed by atoms with van der Waals surface area (Å²) in [5, 5.41) is 5.61. The van der Waals surface area contributed by atoms with Gasteiger partial charge in [-0.3, -0.25) is 34.3 Å². The van der Waals surface area contributed by atoms with Gasteiger partial charge in [0.05, 0.1) is 11.1 Å². The average molecular weight is 384 g/mol. The maximum Gasteiger partial charge on any atom is 0.262 e. The molecule has 8 nitrogen and oxygen atoms in total. The van der Waals surface area contributed by atoms with Crippen molar-refractivity contribution < 1.29 is 19.2 Å². The first-order chi connectivity index (χ1) is 13.5. The van der Waals surface area contributed by atoms with Crippen molar-refractivity contribution in [3.8, 4) is 0 Å². The number of amides is 4.